The van der Waals surface area contributed by atoms with Crippen molar-refractivity contribution in [3.63, 3.8) is 0 Å². The number of piperidine rings is 1. The van der Waals surface area contributed by atoms with Crippen LogP contribution in [0.2, 0.25) is 0 Å². The molecule has 1 spiro atoms. The molecule has 2 N–H and O–H groups in total. The van der Waals surface area contributed by atoms with Crippen LogP contribution in [0.15, 0.2) is 54.6 Å². The molecule has 2 aliphatic rings. The van der Waals surface area contributed by atoms with E-state index in [1.807, 2.05) is 24.3 Å². The Morgan fingerprint density at radius 2 is 1.72 bits per heavy atom. The fraction of sp³-hybridized carbons (Fsp3) is 0.381. The third-order valence-corrected chi connectivity index (χ3v) is 5.62. The van der Waals surface area contributed by atoms with Crippen molar-refractivity contribution in [3.8, 4) is 0 Å². The molecule has 1 heterocycles. The second-order valence-electron chi connectivity index (χ2n) is 7.18. The fourth-order valence-corrected chi connectivity index (χ4v) is 4.03. The van der Waals surface area contributed by atoms with Gasteiger partial charge in [0.15, 0.2) is 0 Å². The zero-order valence-electron chi connectivity index (χ0n) is 14.3. The van der Waals surface area contributed by atoms with Crippen LogP contribution >= 0.6 is 12.4 Å². The largest absolute Gasteiger partial charge is 0.326 e. The monoisotopic (exact) mass is 356 g/mol. The predicted octanol–water partition coefficient (Wildman–Crippen LogP) is 4.03. The van der Waals surface area contributed by atoms with Gasteiger partial charge in [-0.25, -0.2) is 0 Å². The molecule has 4 heteroatoms. The Balaban J connectivity index is 0.00000182. The summed E-state index contributed by atoms with van der Waals surface area (Å²) in [6.07, 6.45) is 4.17. The van der Waals surface area contributed by atoms with Crippen LogP contribution in [0.25, 0.3) is 0 Å². The van der Waals surface area contributed by atoms with E-state index in [0.29, 0.717) is 0 Å². The minimum absolute atomic E-state index is 0. The van der Waals surface area contributed by atoms with E-state index < -0.39 is 0 Å². The maximum atomic E-state index is 12.7. The van der Waals surface area contributed by atoms with Gasteiger partial charge in [-0.3, -0.25) is 4.79 Å². The number of nitrogens with one attached hydrogen (secondary N) is 2. The summed E-state index contributed by atoms with van der Waals surface area (Å²) in [7, 11) is 0. The highest BCUT2D eigenvalue weighted by Gasteiger charge is 2.57. The molecule has 1 saturated heterocycles. The van der Waals surface area contributed by atoms with E-state index in [1.165, 1.54) is 11.1 Å². The van der Waals surface area contributed by atoms with Crippen LogP contribution < -0.4 is 10.6 Å². The number of carbonyl (C=O) groups excluding carboxylic acids is 1. The van der Waals surface area contributed by atoms with E-state index >= 15 is 0 Å². The van der Waals surface area contributed by atoms with Crippen molar-refractivity contribution in [2.75, 3.05) is 18.4 Å². The van der Waals surface area contributed by atoms with Crippen molar-refractivity contribution in [2.45, 2.75) is 25.7 Å². The van der Waals surface area contributed by atoms with Crippen LogP contribution in [0.4, 0.5) is 5.69 Å². The van der Waals surface area contributed by atoms with E-state index in [-0.39, 0.29) is 29.6 Å². The number of benzene rings is 2. The van der Waals surface area contributed by atoms with Crippen molar-refractivity contribution in [2.24, 2.45) is 11.3 Å². The van der Waals surface area contributed by atoms with E-state index in [4.69, 9.17) is 0 Å². The number of para-hydroxylation sites is 1. The summed E-state index contributed by atoms with van der Waals surface area (Å²) in [5.41, 5.74) is 3.68. The molecular formula is C21H25ClN2O. The molecule has 0 aromatic heterocycles. The summed E-state index contributed by atoms with van der Waals surface area (Å²) >= 11 is 0. The van der Waals surface area contributed by atoms with Gasteiger partial charge in [0.2, 0.25) is 5.91 Å². The van der Waals surface area contributed by atoms with Gasteiger partial charge in [0.1, 0.15) is 0 Å². The molecule has 0 bridgehead atoms. The average Bonchev–Trinajstić information content (AvgIpc) is 3.31. The fourth-order valence-electron chi connectivity index (χ4n) is 4.03. The Labute approximate surface area is 155 Å². The Kier molecular flexibility index (Phi) is 5.45. The minimum atomic E-state index is 0. The molecule has 4 rings (SSSR count). The average molecular weight is 357 g/mol. The van der Waals surface area contributed by atoms with Gasteiger partial charge < -0.3 is 10.6 Å². The van der Waals surface area contributed by atoms with Crippen LogP contribution in [-0.2, 0) is 11.2 Å². The van der Waals surface area contributed by atoms with Crippen LogP contribution in [0.1, 0.15) is 30.4 Å². The Bertz CT molecular complexity index is 726. The molecule has 1 atom stereocenters. The summed E-state index contributed by atoms with van der Waals surface area (Å²) in [4.78, 5) is 12.7. The summed E-state index contributed by atoms with van der Waals surface area (Å²) in [6, 6.07) is 18.6. The number of halogens is 1. The number of anilines is 1. The predicted molar refractivity (Wildman–Crippen MR) is 104 cm³/mol. The first-order valence-electron chi connectivity index (χ1n) is 8.90. The van der Waals surface area contributed by atoms with Gasteiger partial charge in [0.25, 0.3) is 0 Å². The summed E-state index contributed by atoms with van der Waals surface area (Å²) in [6.45, 7) is 2.10. The molecule has 2 fully saturated rings. The second kappa shape index (κ2) is 7.59. The summed E-state index contributed by atoms with van der Waals surface area (Å²) < 4.78 is 0. The van der Waals surface area contributed by atoms with Crippen molar-refractivity contribution < 1.29 is 4.79 Å². The van der Waals surface area contributed by atoms with Crippen LogP contribution in [-0.4, -0.2) is 19.0 Å². The van der Waals surface area contributed by atoms with Gasteiger partial charge in [-0.2, -0.15) is 0 Å². The first-order valence-corrected chi connectivity index (χ1v) is 8.90. The van der Waals surface area contributed by atoms with Crippen LogP contribution in [0.5, 0.6) is 0 Å². The van der Waals surface area contributed by atoms with Crippen molar-refractivity contribution in [1.82, 2.24) is 5.32 Å². The molecule has 1 saturated carbocycles. The topological polar surface area (TPSA) is 41.1 Å². The number of carbonyl (C=O) groups is 1. The standard InChI is InChI=1S/C21H24N2O.ClH/c24-20(18-15-21(18)10-12-22-13-11-21)23-19-9-5-4-8-17(19)14-16-6-2-1-3-7-16;/h1-9,18,22H,10-15H2,(H,23,24);1H. The molecule has 1 aliphatic carbocycles. The molecule has 0 radical (unpaired) electrons. The van der Waals surface area contributed by atoms with Gasteiger partial charge in [0.05, 0.1) is 0 Å². The lowest BCUT2D eigenvalue weighted by Crippen LogP contribution is -2.31. The smallest absolute Gasteiger partial charge is 0.228 e. The maximum absolute atomic E-state index is 12.7. The molecule has 1 amide bonds. The van der Waals surface area contributed by atoms with Crippen molar-refractivity contribution >= 4 is 24.0 Å². The lowest BCUT2D eigenvalue weighted by atomic mass is 9.91. The van der Waals surface area contributed by atoms with Gasteiger partial charge >= 0.3 is 0 Å². The summed E-state index contributed by atoms with van der Waals surface area (Å²) in [5, 5.41) is 6.60. The minimum Gasteiger partial charge on any atom is -0.326 e. The van der Waals surface area contributed by atoms with Crippen molar-refractivity contribution in [1.29, 1.82) is 0 Å². The lowest BCUT2D eigenvalue weighted by Gasteiger charge is -2.23. The molecule has 3 nitrogen and oxygen atoms in total. The van der Waals surface area contributed by atoms with Crippen LogP contribution in [0.3, 0.4) is 0 Å². The lowest BCUT2D eigenvalue weighted by molar-refractivity contribution is -0.118. The van der Waals surface area contributed by atoms with Gasteiger partial charge in [-0.1, -0.05) is 48.5 Å². The van der Waals surface area contributed by atoms with E-state index in [9.17, 15) is 4.79 Å². The molecular weight excluding hydrogens is 332 g/mol. The second-order valence-corrected chi connectivity index (χ2v) is 7.18. The highest BCUT2D eigenvalue weighted by molar-refractivity contribution is 5.95. The van der Waals surface area contributed by atoms with E-state index in [2.05, 4.69) is 41.0 Å². The molecule has 1 unspecified atom stereocenters. The first-order chi connectivity index (χ1) is 11.8. The van der Waals surface area contributed by atoms with Crippen molar-refractivity contribution in [3.05, 3.63) is 65.7 Å². The maximum Gasteiger partial charge on any atom is 0.228 e. The molecule has 2 aromatic carbocycles. The molecule has 132 valence electrons. The SMILES string of the molecule is Cl.O=C(Nc1ccccc1Cc1ccccc1)C1CC12CCNCC2. The Hall–Kier alpha value is -1.84. The molecule has 25 heavy (non-hydrogen) atoms. The third kappa shape index (κ3) is 3.88. The normalized spacial score (nSPS) is 20.6. The molecule has 1 aliphatic heterocycles. The number of rotatable bonds is 4. The number of hydrogen-bond donors (Lipinski definition) is 2. The first kappa shape index (κ1) is 18.0. The zero-order valence-corrected chi connectivity index (χ0v) is 15.1. The third-order valence-electron chi connectivity index (χ3n) is 5.62. The number of hydrogen-bond acceptors (Lipinski definition) is 2. The molecule has 2 aromatic rings. The van der Waals surface area contributed by atoms with E-state index in [0.717, 1.165) is 44.5 Å². The quantitative estimate of drug-likeness (QED) is 0.868. The van der Waals surface area contributed by atoms with E-state index in [1.54, 1.807) is 0 Å². The summed E-state index contributed by atoms with van der Waals surface area (Å²) in [5.74, 6) is 0.404. The van der Waals surface area contributed by atoms with Crippen LogP contribution in [0, 0.1) is 11.3 Å². The van der Waals surface area contributed by atoms with Gasteiger partial charge in [-0.15, -0.1) is 12.4 Å². The zero-order chi connectivity index (χ0) is 16.4. The van der Waals surface area contributed by atoms with Gasteiger partial charge in [-0.05, 0) is 61.4 Å². The van der Waals surface area contributed by atoms with Gasteiger partial charge in [0, 0.05) is 11.6 Å². The Morgan fingerprint density at radius 1 is 1.04 bits per heavy atom. The highest BCUT2D eigenvalue weighted by atomic mass is 35.5. The highest BCUT2D eigenvalue weighted by Crippen LogP contribution is 2.58. The Morgan fingerprint density at radius 3 is 2.48 bits per heavy atom. The number of amides is 1.